The quantitative estimate of drug-likeness (QED) is 0.848. The van der Waals surface area contributed by atoms with Crippen LogP contribution in [0.2, 0.25) is 0 Å². The van der Waals surface area contributed by atoms with Gasteiger partial charge in [-0.15, -0.1) is 11.3 Å². The van der Waals surface area contributed by atoms with Gasteiger partial charge >= 0.3 is 0 Å². The smallest absolute Gasteiger partial charge is 0.229 e. The third-order valence-electron chi connectivity index (χ3n) is 3.04. The molecular formula is C11H17N3O2S. The fraction of sp³-hybridized carbons (Fsp3) is 0.636. The van der Waals surface area contributed by atoms with Gasteiger partial charge in [-0.1, -0.05) is 0 Å². The molecule has 2 heterocycles. The van der Waals surface area contributed by atoms with Crippen LogP contribution in [0.15, 0.2) is 5.51 Å². The van der Waals surface area contributed by atoms with Crippen LogP contribution in [0.3, 0.4) is 0 Å². The number of amides is 1. The van der Waals surface area contributed by atoms with Gasteiger partial charge in [0.2, 0.25) is 5.91 Å². The molecule has 1 aromatic rings. The first-order chi connectivity index (χ1) is 8.09. The molecule has 0 spiro atoms. The first-order valence-corrected chi connectivity index (χ1v) is 6.45. The van der Waals surface area contributed by atoms with Gasteiger partial charge in [-0.3, -0.25) is 4.79 Å². The van der Waals surface area contributed by atoms with Gasteiger partial charge in [0.25, 0.3) is 0 Å². The number of rotatable bonds is 3. The lowest BCUT2D eigenvalue weighted by Gasteiger charge is -2.21. The summed E-state index contributed by atoms with van der Waals surface area (Å²) in [5, 5.41) is 0. The largest absolute Gasteiger partial charge is 0.379 e. The van der Waals surface area contributed by atoms with Gasteiger partial charge in [-0.25, -0.2) is 4.98 Å². The van der Waals surface area contributed by atoms with E-state index >= 15 is 0 Å². The fourth-order valence-corrected chi connectivity index (χ4v) is 2.71. The number of carbonyl (C=O) groups excluding carboxylic acids is 1. The number of aryl methyl sites for hydroxylation is 1. The molecule has 1 saturated heterocycles. The molecule has 2 rings (SSSR count). The van der Waals surface area contributed by atoms with Crippen molar-refractivity contribution in [3.05, 3.63) is 16.1 Å². The highest BCUT2D eigenvalue weighted by atomic mass is 32.1. The topological polar surface area (TPSA) is 68.5 Å². The van der Waals surface area contributed by atoms with E-state index in [9.17, 15) is 4.79 Å². The van der Waals surface area contributed by atoms with E-state index < -0.39 is 0 Å². The van der Waals surface area contributed by atoms with Gasteiger partial charge in [0, 0.05) is 18.0 Å². The van der Waals surface area contributed by atoms with Gasteiger partial charge < -0.3 is 15.4 Å². The van der Waals surface area contributed by atoms with Crippen LogP contribution in [-0.2, 0) is 16.1 Å². The summed E-state index contributed by atoms with van der Waals surface area (Å²) in [5.74, 6) is -0.143. The lowest BCUT2D eigenvalue weighted by atomic mass is 10.0. The maximum Gasteiger partial charge on any atom is 0.229 e. The van der Waals surface area contributed by atoms with Crippen LogP contribution >= 0.6 is 11.3 Å². The average molecular weight is 255 g/mol. The van der Waals surface area contributed by atoms with Crippen LogP contribution in [0.25, 0.3) is 0 Å². The van der Waals surface area contributed by atoms with Gasteiger partial charge in [-0.05, 0) is 6.92 Å². The Labute approximate surface area is 105 Å². The molecular weight excluding hydrogens is 238 g/mol. The fourth-order valence-electron chi connectivity index (χ4n) is 1.88. The Balaban J connectivity index is 1.98. The molecule has 0 aromatic carbocycles. The van der Waals surface area contributed by atoms with E-state index in [4.69, 9.17) is 10.5 Å². The molecule has 0 bridgehead atoms. The minimum absolute atomic E-state index is 0.0581. The molecule has 17 heavy (non-hydrogen) atoms. The number of nitrogens with zero attached hydrogens (tertiary/aromatic N) is 2. The molecule has 1 aromatic heterocycles. The summed E-state index contributed by atoms with van der Waals surface area (Å²) < 4.78 is 5.22. The van der Waals surface area contributed by atoms with Crippen molar-refractivity contribution in [2.75, 3.05) is 20.3 Å². The molecule has 1 aliphatic heterocycles. The van der Waals surface area contributed by atoms with Crippen molar-refractivity contribution in [1.82, 2.24) is 9.88 Å². The SMILES string of the molecule is Cc1ncsc1CN(C)C(=O)C1COCC1N. The predicted molar refractivity (Wildman–Crippen MR) is 65.6 cm³/mol. The Hall–Kier alpha value is -0.980. The minimum Gasteiger partial charge on any atom is -0.379 e. The first kappa shape index (κ1) is 12.5. The van der Waals surface area contributed by atoms with Crippen LogP contribution in [0, 0.1) is 12.8 Å². The van der Waals surface area contributed by atoms with Crippen molar-refractivity contribution in [3.8, 4) is 0 Å². The third kappa shape index (κ3) is 2.65. The maximum absolute atomic E-state index is 12.1. The molecule has 0 saturated carbocycles. The van der Waals surface area contributed by atoms with E-state index in [1.54, 1.807) is 28.8 Å². The summed E-state index contributed by atoms with van der Waals surface area (Å²) in [6.07, 6.45) is 0. The predicted octanol–water partition coefficient (Wildman–Crippen LogP) is 0.384. The summed E-state index contributed by atoms with van der Waals surface area (Å²) in [6.45, 7) is 3.46. The van der Waals surface area contributed by atoms with Crippen LogP contribution in [-0.4, -0.2) is 42.1 Å². The van der Waals surface area contributed by atoms with E-state index in [1.807, 2.05) is 6.92 Å². The van der Waals surface area contributed by atoms with Gasteiger partial charge in [0.1, 0.15) is 0 Å². The van der Waals surface area contributed by atoms with Crippen LogP contribution < -0.4 is 5.73 Å². The van der Waals surface area contributed by atoms with Gasteiger partial charge in [0.05, 0.1) is 36.9 Å². The minimum atomic E-state index is -0.201. The number of nitrogens with two attached hydrogens (primary N) is 1. The summed E-state index contributed by atoms with van der Waals surface area (Å²) in [6, 6.07) is -0.174. The number of aromatic nitrogens is 1. The average Bonchev–Trinajstić information content (AvgIpc) is 2.88. The van der Waals surface area contributed by atoms with E-state index in [1.165, 1.54) is 0 Å². The van der Waals surface area contributed by atoms with E-state index in [0.717, 1.165) is 10.6 Å². The van der Waals surface area contributed by atoms with Gasteiger partial charge in [0.15, 0.2) is 0 Å². The zero-order valence-electron chi connectivity index (χ0n) is 10.0. The summed E-state index contributed by atoms with van der Waals surface area (Å²) in [7, 11) is 1.80. The van der Waals surface area contributed by atoms with Crippen molar-refractivity contribution in [2.24, 2.45) is 11.7 Å². The summed E-state index contributed by atoms with van der Waals surface area (Å²) in [4.78, 5) is 19.1. The lowest BCUT2D eigenvalue weighted by Crippen LogP contribution is -2.41. The normalized spacial score (nSPS) is 23.9. The molecule has 1 aliphatic rings. The molecule has 2 N–H and O–H groups in total. The Morgan fingerprint density at radius 1 is 1.71 bits per heavy atom. The second-order valence-electron chi connectivity index (χ2n) is 4.36. The van der Waals surface area contributed by atoms with Crippen molar-refractivity contribution >= 4 is 17.2 Å². The zero-order valence-corrected chi connectivity index (χ0v) is 10.9. The molecule has 6 heteroatoms. The Morgan fingerprint density at radius 3 is 3.00 bits per heavy atom. The second-order valence-corrected chi connectivity index (χ2v) is 5.30. The Morgan fingerprint density at radius 2 is 2.47 bits per heavy atom. The van der Waals surface area contributed by atoms with E-state index in [-0.39, 0.29) is 17.9 Å². The highest BCUT2D eigenvalue weighted by molar-refractivity contribution is 7.09. The standard InChI is InChI=1S/C11H17N3O2S/c1-7-10(17-6-13-7)3-14(2)11(15)8-4-16-5-9(8)12/h6,8-9H,3-5,12H2,1-2H3. The van der Waals surface area contributed by atoms with E-state index in [0.29, 0.717) is 19.8 Å². The molecule has 2 atom stereocenters. The van der Waals surface area contributed by atoms with Crippen LogP contribution in [0.1, 0.15) is 10.6 Å². The maximum atomic E-state index is 12.1. The van der Waals surface area contributed by atoms with Crippen LogP contribution in [0.4, 0.5) is 0 Å². The molecule has 2 unspecified atom stereocenters. The molecule has 0 radical (unpaired) electrons. The van der Waals surface area contributed by atoms with Crippen LogP contribution in [0.5, 0.6) is 0 Å². The Kier molecular flexibility index (Phi) is 3.76. The number of hydrogen-bond donors (Lipinski definition) is 1. The van der Waals surface area contributed by atoms with Crippen molar-refractivity contribution in [1.29, 1.82) is 0 Å². The Bertz CT molecular complexity index is 407. The molecule has 94 valence electrons. The molecule has 5 nitrogen and oxygen atoms in total. The number of thiazole rings is 1. The highest BCUT2D eigenvalue weighted by Gasteiger charge is 2.33. The van der Waals surface area contributed by atoms with E-state index in [2.05, 4.69) is 4.98 Å². The number of carbonyl (C=O) groups is 1. The van der Waals surface area contributed by atoms with Gasteiger partial charge in [-0.2, -0.15) is 0 Å². The monoisotopic (exact) mass is 255 g/mol. The molecule has 1 amide bonds. The zero-order chi connectivity index (χ0) is 12.4. The number of ether oxygens (including phenoxy) is 1. The first-order valence-electron chi connectivity index (χ1n) is 5.57. The second kappa shape index (κ2) is 5.12. The van der Waals surface area contributed by atoms with Crippen molar-refractivity contribution < 1.29 is 9.53 Å². The van der Waals surface area contributed by atoms with Crippen molar-refractivity contribution in [3.63, 3.8) is 0 Å². The lowest BCUT2D eigenvalue weighted by molar-refractivity contribution is -0.134. The highest BCUT2D eigenvalue weighted by Crippen LogP contribution is 2.18. The number of hydrogen-bond acceptors (Lipinski definition) is 5. The third-order valence-corrected chi connectivity index (χ3v) is 3.96. The molecule has 1 fully saturated rings. The summed E-state index contributed by atoms with van der Waals surface area (Å²) >= 11 is 1.57. The van der Waals surface area contributed by atoms with Crippen molar-refractivity contribution in [2.45, 2.75) is 19.5 Å². The molecule has 0 aliphatic carbocycles. The summed E-state index contributed by atoms with van der Waals surface area (Å²) in [5.41, 5.74) is 8.63.